The average molecular weight is 282 g/mol. The number of benzene rings is 1. The number of rotatable bonds is 4. The summed E-state index contributed by atoms with van der Waals surface area (Å²) in [6, 6.07) is 7.62. The molecular weight excluding hydrogens is 260 g/mol. The van der Waals surface area contributed by atoms with E-state index in [4.69, 9.17) is 11.2 Å². The Labute approximate surface area is 127 Å². The van der Waals surface area contributed by atoms with Gasteiger partial charge in [0.1, 0.15) is 0 Å². The minimum atomic E-state index is -0.870. The topological polar surface area (TPSA) is 26.3 Å². The lowest BCUT2D eigenvalue weighted by molar-refractivity contribution is 0.0194. The third-order valence-corrected chi connectivity index (χ3v) is 4.15. The van der Waals surface area contributed by atoms with Crippen molar-refractivity contribution in [1.29, 1.82) is 0 Å². The number of terminal acetylenes is 1. The Bertz CT molecular complexity index is 562. The van der Waals surface area contributed by atoms with E-state index in [0.717, 1.165) is 19.3 Å². The second-order valence-corrected chi connectivity index (χ2v) is 5.65. The van der Waals surface area contributed by atoms with Crippen molar-refractivity contribution in [2.75, 3.05) is 0 Å². The van der Waals surface area contributed by atoms with Crippen LogP contribution in [-0.2, 0) is 4.74 Å². The zero-order valence-electron chi connectivity index (χ0n) is 12.8. The number of carbonyl (C=O) groups is 1. The Hall–Kier alpha value is -2.01. The first kappa shape index (κ1) is 15.4. The third kappa shape index (κ3) is 3.55. The van der Waals surface area contributed by atoms with Crippen molar-refractivity contribution in [3.63, 3.8) is 0 Å². The monoisotopic (exact) mass is 282 g/mol. The molecule has 1 aliphatic carbocycles. The molecule has 2 unspecified atom stereocenters. The summed E-state index contributed by atoms with van der Waals surface area (Å²) in [7, 11) is 0. The second-order valence-electron chi connectivity index (χ2n) is 5.65. The highest BCUT2D eigenvalue weighted by atomic mass is 16.6. The van der Waals surface area contributed by atoms with Crippen LogP contribution in [0.5, 0.6) is 0 Å². The maximum atomic E-state index is 12.3. The summed E-state index contributed by atoms with van der Waals surface area (Å²) in [6.07, 6.45) is 13.1. The van der Waals surface area contributed by atoms with Gasteiger partial charge < -0.3 is 4.74 Å². The maximum Gasteiger partial charge on any atom is 0.339 e. The van der Waals surface area contributed by atoms with Gasteiger partial charge in [0, 0.05) is 6.42 Å². The summed E-state index contributed by atoms with van der Waals surface area (Å²) in [5, 5.41) is 0. The average Bonchev–Trinajstić information content (AvgIpc) is 2.55. The van der Waals surface area contributed by atoms with E-state index in [9.17, 15) is 4.79 Å². The fraction of sp³-hybridized carbons (Fsp3) is 0.421. The van der Waals surface area contributed by atoms with Gasteiger partial charge in [-0.2, -0.15) is 0 Å². The summed E-state index contributed by atoms with van der Waals surface area (Å²) < 4.78 is 5.58. The molecule has 0 saturated heterocycles. The molecule has 0 radical (unpaired) electrons. The normalized spacial score (nSPS) is 22.3. The Morgan fingerprint density at radius 2 is 2.14 bits per heavy atom. The molecule has 0 bridgehead atoms. The molecular formula is C19H22O2. The smallest absolute Gasteiger partial charge is 0.339 e. The molecule has 21 heavy (non-hydrogen) atoms. The molecule has 2 rings (SSSR count). The van der Waals surface area contributed by atoms with Crippen LogP contribution in [-0.4, -0.2) is 11.6 Å². The van der Waals surface area contributed by atoms with Gasteiger partial charge in [-0.3, -0.25) is 0 Å². The minimum absolute atomic E-state index is 0.352. The van der Waals surface area contributed by atoms with Gasteiger partial charge >= 0.3 is 5.97 Å². The number of carbonyl (C=O) groups excluding carboxylic acids is 1. The number of allylic oxidation sites excluding steroid dienone is 1. The highest BCUT2D eigenvalue weighted by Crippen LogP contribution is 2.27. The first-order chi connectivity index (χ1) is 10.1. The SMILES string of the molecule is C#CC1(OC(=O)c2ccc(C(C)CC)cc2)C=CCCC1. The van der Waals surface area contributed by atoms with Crippen molar-refractivity contribution in [2.24, 2.45) is 0 Å². The van der Waals surface area contributed by atoms with E-state index in [2.05, 4.69) is 19.8 Å². The molecule has 2 nitrogen and oxygen atoms in total. The second kappa shape index (κ2) is 6.63. The summed E-state index contributed by atoms with van der Waals surface area (Å²) in [4.78, 5) is 12.3. The molecule has 1 aliphatic rings. The molecule has 0 fully saturated rings. The van der Waals surface area contributed by atoms with E-state index in [1.54, 1.807) is 0 Å². The Morgan fingerprint density at radius 3 is 2.67 bits per heavy atom. The van der Waals surface area contributed by atoms with E-state index in [-0.39, 0.29) is 5.97 Å². The van der Waals surface area contributed by atoms with Crippen molar-refractivity contribution < 1.29 is 9.53 Å². The third-order valence-electron chi connectivity index (χ3n) is 4.15. The fourth-order valence-corrected chi connectivity index (χ4v) is 2.48. The molecule has 0 amide bonds. The molecule has 1 aromatic rings. The largest absolute Gasteiger partial charge is 0.438 e. The Morgan fingerprint density at radius 1 is 1.43 bits per heavy atom. The molecule has 0 N–H and O–H groups in total. The van der Waals surface area contributed by atoms with Crippen LogP contribution < -0.4 is 0 Å². The maximum absolute atomic E-state index is 12.3. The summed E-state index contributed by atoms with van der Waals surface area (Å²) in [5.74, 6) is 2.77. The lowest BCUT2D eigenvalue weighted by Crippen LogP contribution is -2.32. The first-order valence-corrected chi connectivity index (χ1v) is 7.59. The van der Waals surface area contributed by atoms with E-state index >= 15 is 0 Å². The van der Waals surface area contributed by atoms with Crippen LogP contribution in [0.15, 0.2) is 36.4 Å². The number of esters is 1. The number of hydrogen-bond donors (Lipinski definition) is 0. The lowest BCUT2D eigenvalue weighted by atomic mass is 9.91. The zero-order chi connectivity index (χ0) is 15.3. The molecule has 0 spiro atoms. The van der Waals surface area contributed by atoms with Crippen molar-refractivity contribution in [1.82, 2.24) is 0 Å². The number of ether oxygens (including phenoxy) is 1. The van der Waals surface area contributed by atoms with Crippen LogP contribution in [0.1, 0.15) is 61.4 Å². The first-order valence-electron chi connectivity index (χ1n) is 7.59. The van der Waals surface area contributed by atoms with Gasteiger partial charge in [0.15, 0.2) is 5.60 Å². The fourth-order valence-electron chi connectivity index (χ4n) is 2.48. The van der Waals surface area contributed by atoms with Crippen LogP contribution in [0.2, 0.25) is 0 Å². The van der Waals surface area contributed by atoms with Crippen molar-refractivity contribution in [3.05, 3.63) is 47.5 Å². The van der Waals surface area contributed by atoms with Gasteiger partial charge in [-0.1, -0.05) is 38.0 Å². The number of hydrogen-bond acceptors (Lipinski definition) is 2. The lowest BCUT2D eigenvalue weighted by Gasteiger charge is -2.27. The summed E-state index contributed by atoms with van der Waals surface area (Å²) in [5.41, 5.74) is 0.916. The van der Waals surface area contributed by atoms with Gasteiger partial charge in [-0.15, -0.1) is 6.42 Å². The van der Waals surface area contributed by atoms with E-state index in [0.29, 0.717) is 17.9 Å². The highest BCUT2D eigenvalue weighted by Gasteiger charge is 2.30. The predicted octanol–water partition coefficient (Wildman–Crippen LogP) is 4.47. The molecule has 0 heterocycles. The van der Waals surface area contributed by atoms with E-state index in [1.165, 1.54) is 5.56 Å². The molecule has 0 aliphatic heterocycles. The van der Waals surface area contributed by atoms with E-state index in [1.807, 2.05) is 36.4 Å². The van der Waals surface area contributed by atoms with Crippen LogP contribution in [0.4, 0.5) is 0 Å². The predicted molar refractivity (Wildman–Crippen MR) is 85.1 cm³/mol. The zero-order valence-corrected chi connectivity index (χ0v) is 12.8. The van der Waals surface area contributed by atoms with Gasteiger partial charge in [0.05, 0.1) is 5.56 Å². The molecule has 1 aromatic carbocycles. The van der Waals surface area contributed by atoms with Crippen molar-refractivity contribution in [3.8, 4) is 12.3 Å². The molecule has 2 heteroatoms. The summed E-state index contributed by atoms with van der Waals surface area (Å²) >= 11 is 0. The van der Waals surface area contributed by atoms with Crippen LogP contribution in [0.3, 0.4) is 0 Å². The van der Waals surface area contributed by atoms with Crippen LogP contribution >= 0.6 is 0 Å². The van der Waals surface area contributed by atoms with Crippen molar-refractivity contribution >= 4 is 5.97 Å². The Kier molecular flexibility index (Phi) is 4.85. The standard InChI is InChI=1S/C19H22O2/c1-4-15(3)16-9-11-17(12-10-16)18(20)21-19(5-2)13-7-6-8-14-19/h2,7,9-13,15H,4,6,8,14H2,1,3H3. The van der Waals surface area contributed by atoms with Gasteiger partial charge in [0.2, 0.25) is 0 Å². The highest BCUT2D eigenvalue weighted by molar-refractivity contribution is 5.90. The summed E-state index contributed by atoms with van der Waals surface area (Å²) in [6.45, 7) is 4.33. The van der Waals surface area contributed by atoms with Gasteiger partial charge in [-0.25, -0.2) is 4.79 Å². The van der Waals surface area contributed by atoms with Crippen molar-refractivity contribution in [2.45, 2.75) is 51.0 Å². The Balaban J connectivity index is 2.11. The molecule has 2 atom stereocenters. The quantitative estimate of drug-likeness (QED) is 0.463. The van der Waals surface area contributed by atoms with Gasteiger partial charge in [-0.05, 0) is 49.0 Å². The van der Waals surface area contributed by atoms with Gasteiger partial charge in [0.25, 0.3) is 0 Å². The molecule has 0 saturated carbocycles. The van der Waals surface area contributed by atoms with E-state index < -0.39 is 5.60 Å². The molecule has 0 aromatic heterocycles. The molecule has 110 valence electrons. The van der Waals surface area contributed by atoms with Crippen LogP contribution in [0, 0.1) is 12.3 Å². The van der Waals surface area contributed by atoms with Crippen LogP contribution in [0.25, 0.3) is 0 Å². The minimum Gasteiger partial charge on any atom is -0.438 e.